The van der Waals surface area contributed by atoms with Crippen molar-refractivity contribution in [2.24, 2.45) is 0 Å². The summed E-state index contributed by atoms with van der Waals surface area (Å²) in [5.41, 5.74) is 0.689. The molecule has 16 heavy (non-hydrogen) atoms. The number of pyridine rings is 1. The number of rotatable bonds is 2. The van der Waals surface area contributed by atoms with Gasteiger partial charge >= 0.3 is 0 Å². The van der Waals surface area contributed by atoms with Crippen LogP contribution in [0.3, 0.4) is 0 Å². The Morgan fingerprint density at radius 1 is 1.44 bits per heavy atom. The molecule has 0 spiro atoms. The zero-order valence-corrected chi connectivity index (χ0v) is 9.98. The molecular weight excluding hydrogens is 274 g/mol. The summed E-state index contributed by atoms with van der Waals surface area (Å²) in [7, 11) is 0. The van der Waals surface area contributed by atoms with E-state index in [1.165, 1.54) is 6.20 Å². The van der Waals surface area contributed by atoms with E-state index in [2.05, 4.69) is 31.4 Å². The second-order valence-corrected chi connectivity index (χ2v) is 4.07. The summed E-state index contributed by atoms with van der Waals surface area (Å²) in [6, 6.07) is 3.48. The lowest BCUT2D eigenvalue weighted by molar-refractivity contribution is 0.0986. The molecule has 0 bridgehead atoms. The van der Waals surface area contributed by atoms with Crippen LogP contribution in [0.4, 0.5) is 5.82 Å². The first kappa shape index (κ1) is 10.8. The van der Waals surface area contributed by atoms with Gasteiger partial charge in [-0.2, -0.15) is 0 Å². The fourth-order valence-corrected chi connectivity index (χ4v) is 1.37. The van der Waals surface area contributed by atoms with Crippen LogP contribution in [0.2, 0.25) is 0 Å². The number of hydrogen-bond acceptors (Lipinski definition) is 4. The predicted octanol–water partition coefficient (Wildman–Crippen LogP) is 2.39. The molecular formula is C10H8BrN3O2. The van der Waals surface area contributed by atoms with Crippen LogP contribution in [0.1, 0.15) is 16.1 Å². The number of amides is 1. The Hall–Kier alpha value is -1.69. The van der Waals surface area contributed by atoms with E-state index in [0.717, 1.165) is 4.47 Å². The van der Waals surface area contributed by atoms with Gasteiger partial charge in [0.05, 0.1) is 6.20 Å². The van der Waals surface area contributed by atoms with Crippen molar-refractivity contribution in [2.75, 3.05) is 5.32 Å². The highest BCUT2D eigenvalue weighted by molar-refractivity contribution is 9.10. The molecule has 0 radical (unpaired) electrons. The number of nitrogens with one attached hydrogen (secondary N) is 1. The summed E-state index contributed by atoms with van der Waals surface area (Å²) < 4.78 is 5.67. The van der Waals surface area contributed by atoms with Crippen LogP contribution in [-0.2, 0) is 0 Å². The fourth-order valence-electron chi connectivity index (χ4n) is 1.13. The van der Waals surface area contributed by atoms with E-state index in [9.17, 15) is 4.79 Å². The first-order chi connectivity index (χ1) is 7.66. The van der Waals surface area contributed by atoms with Crippen molar-refractivity contribution in [1.29, 1.82) is 0 Å². The van der Waals surface area contributed by atoms with Gasteiger partial charge in [-0.15, -0.1) is 0 Å². The van der Waals surface area contributed by atoms with Crippen molar-refractivity contribution < 1.29 is 9.32 Å². The normalized spacial score (nSPS) is 10.1. The molecule has 0 saturated heterocycles. The Labute approximate surface area is 100.0 Å². The maximum atomic E-state index is 11.7. The molecule has 0 aliphatic rings. The van der Waals surface area contributed by atoms with Gasteiger partial charge in [0.1, 0.15) is 5.82 Å². The molecule has 0 aliphatic heterocycles. The minimum atomic E-state index is -0.357. The van der Waals surface area contributed by atoms with Gasteiger partial charge < -0.3 is 9.84 Å². The van der Waals surface area contributed by atoms with Gasteiger partial charge in [-0.25, -0.2) is 4.98 Å². The third-order valence-electron chi connectivity index (χ3n) is 1.92. The van der Waals surface area contributed by atoms with Crippen molar-refractivity contribution in [1.82, 2.24) is 10.1 Å². The van der Waals surface area contributed by atoms with Crippen LogP contribution in [0, 0.1) is 6.92 Å². The Balaban J connectivity index is 2.14. The topological polar surface area (TPSA) is 68.0 Å². The molecule has 0 aliphatic carbocycles. The molecule has 1 N–H and O–H groups in total. The van der Waals surface area contributed by atoms with Gasteiger partial charge in [-0.1, -0.05) is 5.16 Å². The lowest BCUT2D eigenvalue weighted by atomic mass is 10.3. The predicted molar refractivity (Wildman–Crippen MR) is 61.1 cm³/mol. The van der Waals surface area contributed by atoms with Crippen molar-refractivity contribution in [3.63, 3.8) is 0 Å². The molecule has 2 rings (SSSR count). The molecule has 2 aromatic heterocycles. The zero-order valence-electron chi connectivity index (χ0n) is 8.40. The highest BCUT2D eigenvalue weighted by Crippen LogP contribution is 2.12. The van der Waals surface area contributed by atoms with E-state index >= 15 is 0 Å². The highest BCUT2D eigenvalue weighted by atomic mass is 79.9. The van der Waals surface area contributed by atoms with Crippen molar-refractivity contribution in [2.45, 2.75) is 6.92 Å². The van der Waals surface area contributed by atoms with Crippen LogP contribution in [0.5, 0.6) is 0 Å². The quantitative estimate of drug-likeness (QED) is 0.918. The van der Waals surface area contributed by atoms with Crippen LogP contribution >= 0.6 is 15.9 Å². The molecule has 0 unspecified atom stereocenters. The number of aryl methyl sites for hydroxylation is 1. The number of hydrogen-bond donors (Lipinski definition) is 1. The molecule has 0 saturated carbocycles. The molecule has 2 heterocycles. The number of nitrogens with zero attached hydrogens (tertiary/aromatic N) is 2. The van der Waals surface area contributed by atoms with E-state index in [1.807, 2.05) is 0 Å². The summed E-state index contributed by atoms with van der Waals surface area (Å²) in [6.45, 7) is 1.75. The summed E-state index contributed by atoms with van der Waals surface area (Å²) in [5, 5.41) is 6.14. The van der Waals surface area contributed by atoms with Crippen molar-refractivity contribution in [3.8, 4) is 0 Å². The average Bonchev–Trinajstić information content (AvgIpc) is 2.68. The smallest absolute Gasteiger partial charge is 0.295 e. The second kappa shape index (κ2) is 4.44. The fraction of sp³-hybridized carbons (Fsp3) is 0.100. The second-order valence-electron chi connectivity index (χ2n) is 3.15. The van der Waals surface area contributed by atoms with E-state index in [4.69, 9.17) is 4.52 Å². The van der Waals surface area contributed by atoms with Gasteiger partial charge in [0.15, 0.2) is 0 Å². The number of carbonyl (C=O) groups is 1. The molecule has 2 aromatic rings. The van der Waals surface area contributed by atoms with Gasteiger partial charge in [0.25, 0.3) is 5.91 Å². The van der Waals surface area contributed by atoms with Crippen LogP contribution < -0.4 is 5.32 Å². The molecule has 0 fully saturated rings. The summed E-state index contributed by atoms with van der Waals surface area (Å²) in [4.78, 5) is 15.7. The average molecular weight is 282 g/mol. The van der Waals surface area contributed by atoms with E-state index in [1.54, 1.807) is 25.3 Å². The largest absolute Gasteiger partial charge is 0.351 e. The molecule has 0 atom stereocenters. The minimum absolute atomic E-state index is 0.199. The maximum Gasteiger partial charge on any atom is 0.295 e. The lowest BCUT2D eigenvalue weighted by Gasteiger charge is -2.01. The van der Waals surface area contributed by atoms with E-state index in [0.29, 0.717) is 11.4 Å². The first-order valence-electron chi connectivity index (χ1n) is 4.51. The summed E-state index contributed by atoms with van der Waals surface area (Å²) in [6.07, 6.45) is 3.09. The number of aromatic nitrogens is 2. The van der Waals surface area contributed by atoms with Crippen LogP contribution in [0.25, 0.3) is 0 Å². The zero-order chi connectivity index (χ0) is 11.5. The number of anilines is 1. The van der Waals surface area contributed by atoms with Crippen LogP contribution in [-0.4, -0.2) is 16.0 Å². The van der Waals surface area contributed by atoms with Crippen molar-refractivity contribution >= 4 is 27.7 Å². The van der Waals surface area contributed by atoms with Crippen molar-refractivity contribution in [3.05, 3.63) is 40.3 Å². The third-order valence-corrected chi connectivity index (χ3v) is 2.39. The third kappa shape index (κ3) is 2.27. The molecule has 82 valence electrons. The van der Waals surface area contributed by atoms with E-state index < -0.39 is 0 Å². The number of carbonyl (C=O) groups excluding carboxylic acids is 1. The lowest BCUT2D eigenvalue weighted by Crippen LogP contribution is -2.12. The first-order valence-corrected chi connectivity index (χ1v) is 5.30. The SMILES string of the molecule is Cc1cnoc1C(=O)Nc1ccc(Br)cn1. The van der Waals surface area contributed by atoms with Gasteiger partial charge in [0.2, 0.25) is 5.76 Å². The molecule has 0 aromatic carbocycles. The number of halogens is 1. The Bertz CT molecular complexity index is 507. The monoisotopic (exact) mass is 281 g/mol. The Morgan fingerprint density at radius 3 is 2.81 bits per heavy atom. The summed E-state index contributed by atoms with van der Waals surface area (Å²) in [5.74, 6) is 0.304. The van der Waals surface area contributed by atoms with Crippen LogP contribution in [0.15, 0.2) is 33.5 Å². The van der Waals surface area contributed by atoms with Gasteiger partial charge in [-0.3, -0.25) is 4.79 Å². The summed E-state index contributed by atoms with van der Waals surface area (Å²) >= 11 is 3.26. The minimum Gasteiger partial charge on any atom is -0.351 e. The van der Waals surface area contributed by atoms with Gasteiger partial charge in [0, 0.05) is 16.2 Å². The molecule has 6 heteroatoms. The highest BCUT2D eigenvalue weighted by Gasteiger charge is 2.14. The molecule has 1 amide bonds. The Kier molecular flexibility index (Phi) is 3.00. The Morgan fingerprint density at radius 2 is 2.25 bits per heavy atom. The molecule has 5 nitrogen and oxygen atoms in total. The van der Waals surface area contributed by atoms with E-state index in [-0.39, 0.29) is 11.7 Å². The van der Waals surface area contributed by atoms with Gasteiger partial charge in [-0.05, 0) is 35.0 Å². The maximum absolute atomic E-state index is 11.7. The standard InChI is InChI=1S/C10H8BrN3O2/c1-6-4-13-16-9(6)10(15)14-8-3-2-7(11)5-12-8/h2-5H,1H3,(H,12,14,15).